The summed E-state index contributed by atoms with van der Waals surface area (Å²) >= 11 is 0. The highest BCUT2D eigenvalue weighted by Crippen LogP contribution is 2.71. The quantitative estimate of drug-likeness (QED) is 0.113. The van der Waals surface area contributed by atoms with Gasteiger partial charge in [0.2, 0.25) is 0 Å². The summed E-state index contributed by atoms with van der Waals surface area (Å²) in [7, 11) is 0. The third-order valence-electron chi connectivity index (χ3n) is 11.3. The zero-order chi connectivity index (χ0) is 30.7. The van der Waals surface area contributed by atoms with E-state index in [9.17, 15) is 24.9 Å². The predicted octanol–water partition coefficient (Wildman–Crippen LogP) is 6.62. The average molecular weight is 585 g/mol. The number of Topliss-reactive ketones (excluding diaryl/α,β-unsaturated/α-hetero) is 1. The maximum absolute atomic E-state index is 14.4. The Morgan fingerprint density at radius 3 is 2.31 bits per heavy atom. The number of aliphatic hydroxyl groups is 3. The number of ether oxygens (including phenoxy) is 1. The van der Waals surface area contributed by atoms with E-state index in [0.29, 0.717) is 17.9 Å². The van der Waals surface area contributed by atoms with E-state index >= 15 is 0 Å². The molecule has 2 fully saturated rings. The van der Waals surface area contributed by atoms with Gasteiger partial charge in [0.25, 0.3) is 0 Å². The molecule has 1 spiro atoms. The van der Waals surface area contributed by atoms with Crippen LogP contribution in [0.3, 0.4) is 0 Å². The Labute approximate surface area is 253 Å². The Morgan fingerprint density at radius 2 is 1.67 bits per heavy atom. The number of unbranched alkanes of at least 4 members (excludes halogenated alkanes) is 9. The molecule has 0 radical (unpaired) electrons. The van der Waals surface area contributed by atoms with Crippen LogP contribution in [0.25, 0.3) is 0 Å². The summed E-state index contributed by atoms with van der Waals surface area (Å²) in [6.45, 7) is 9.87. The Bertz CT molecular complexity index is 1070. The van der Waals surface area contributed by atoms with Gasteiger partial charge in [-0.3, -0.25) is 9.59 Å². The summed E-state index contributed by atoms with van der Waals surface area (Å²) in [5.74, 6) is -0.888. The number of esters is 1. The molecular weight excluding hydrogens is 528 g/mol. The molecule has 1 unspecified atom stereocenters. The topological polar surface area (TPSA) is 104 Å². The van der Waals surface area contributed by atoms with Gasteiger partial charge in [0.05, 0.1) is 12.0 Å². The Morgan fingerprint density at radius 1 is 1.05 bits per heavy atom. The van der Waals surface area contributed by atoms with Gasteiger partial charge in [-0.15, -0.1) is 0 Å². The minimum Gasteiger partial charge on any atom is -0.455 e. The van der Waals surface area contributed by atoms with Crippen LogP contribution in [-0.2, 0) is 14.3 Å². The lowest BCUT2D eigenvalue weighted by molar-refractivity contribution is -0.203. The fourth-order valence-electron chi connectivity index (χ4n) is 8.77. The van der Waals surface area contributed by atoms with Gasteiger partial charge in [0, 0.05) is 12.3 Å². The van der Waals surface area contributed by atoms with Crippen LogP contribution in [0.15, 0.2) is 35.5 Å². The van der Waals surface area contributed by atoms with Gasteiger partial charge < -0.3 is 20.1 Å². The number of allylic oxidation sites excluding steroid dienone is 3. The van der Waals surface area contributed by atoms with E-state index in [1.54, 1.807) is 19.1 Å². The predicted molar refractivity (Wildman–Crippen MR) is 165 cm³/mol. The molecule has 0 aromatic heterocycles. The largest absolute Gasteiger partial charge is 0.455 e. The van der Waals surface area contributed by atoms with Crippen molar-refractivity contribution in [3.63, 3.8) is 0 Å². The first-order valence-corrected chi connectivity index (χ1v) is 16.8. The number of rotatable bonds is 15. The van der Waals surface area contributed by atoms with Gasteiger partial charge in [0.1, 0.15) is 6.10 Å². The molecule has 4 rings (SSSR count). The van der Waals surface area contributed by atoms with Gasteiger partial charge >= 0.3 is 5.97 Å². The monoisotopic (exact) mass is 584 g/mol. The van der Waals surface area contributed by atoms with E-state index in [2.05, 4.69) is 32.9 Å². The lowest BCUT2D eigenvalue weighted by atomic mass is 9.59. The van der Waals surface area contributed by atoms with E-state index < -0.39 is 41.7 Å². The fourth-order valence-corrected chi connectivity index (χ4v) is 8.77. The van der Waals surface area contributed by atoms with Crippen LogP contribution in [0.2, 0.25) is 0 Å². The molecule has 236 valence electrons. The standard InChI is InChI=1S/C36H56O6/c1-6-7-8-9-10-11-12-13-14-15-16-17-18-19-29(38)42-33-24(2)22-35-25(3)20-28-30(34(28,4)5)27(32(35)40)21-26(23-37)31(39)36(33,35)41/h11-12,21-22,25,27-28,30-31,33,37,39,41H,6-10,13-20,23H2,1-5H3/b12-11+/t25-,27+,28-,30+,31-,33+,35?,36+/m1/s1. The van der Waals surface area contributed by atoms with Crippen LogP contribution in [0, 0.1) is 34.5 Å². The van der Waals surface area contributed by atoms with Crippen molar-refractivity contribution in [2.45, 2.75) is 136 Å². The van der Waals surface area contributed by atoms with E-state index in [4.69, 9.17) is 4.74 Å². The normalized spacial score (nSPS) is 36.5. The Balaban J connectivity index is 1.34. The minimum atomic E-state index is -2.06. The minimum absolute atomic E-state index is 0.0194. The highest BCUT2D eigenvalue weighted by Gasteiger charge is 2.76. The first-order valence-electron chi connectivity index (χ1n) is 16.8. The molecule has 4 aliphatic rings. The SMILES string of the molecule is CCCCCC/C=C/CCCCCCCC(=O)O[C@H]1C(C)=CC23C(=O)[C@@H](C=C(CO)[C@@H](O)[C@]12O)[C@H]1[C@@H](C[C@H]3C)C1(C)C. The van der Waals surface area contributed by atoms with Crippen LogP contribution >= 0.6 is 0 Å². The van der Waals surface area contributed by atoms with Crippen LogP contribution in [0.5, 0.6) is 0 Å². The van der Waals surface area contributed by atoms with Crippen LogP contribution in [0.1, 0.15) is 118 Å². The van der Waals surface area contributed by atoms with Crippen LogP contribution in [-0.4, -0.2) is 51.5 Å². The number of hydrogen-bond acceptors (Lipinski definition) is 6. The lowest BCUT2D eigenvalue weighted by Gasteiger charge is -2.48. The highest BCUT2D eigenvalue weighted by molar-refractivity contribution is 5.95. The zero-order valence-electron chi connectivity index (χ0n) is 26.7. The average Bonchev–Trinajstić information content (AvgIpc) is 3.44. The third kappa shape index (κ3) is 5.85. The number of hydrogen-bond donors (Lipinski definition) is 3. The van der Waals surface area contributed by atoms with E-state index in [-0.39, 0.29) is 35.0 Å². The molecule has 0 aliphatic heterocycles. The zero-order valence-corrected chi connectivity index (χ0v) is 26.7. The van der Waals surface area contributed by atoms with Crippen LogP contribution < -0.4 is 0 Å². The van der Waals surface area contributed by atoms with Crippen molar-refractivity contribution in [3.8, 4) is 0 Å². The first-order chi connectivity index (χ1) is 20.0. The third-order valence-corrected chi connectivity index (χ3v) is 11.3. The number of carbonyl (C=O) groups is 2. The summed E-state index contributed by atoms with van der Waals surface area (Å²) in [4.78, 5) is 27.4. The molecule has 3 N–H and O–H groups in total. The molecule has 0 amide bonds. The number of aliphatic hydroxyl groups excluding tert-OH is 2. The molecule has 0 saturated heterocycles. The number of ketones is 1. The van der Waals surface area contributed by atoms with Crippen molar-refractivity contribution < 1.29 is 29.6 Å². The van der Waals surface area contributed by atoms with Crippen molar-refractivity contribution in [2.75, 3.05) is 6.61 Å². The molecule has 6 nitrogen and oxygen atoms in total. The second kappa shape index (κ2) is 13.5. The Hall–Kier alpha value is -1.76. The van der Waals surface area contributed by atoms with Crippen molar-refractivity contribution >= 4 is 11.8 Å². The van der Waals surface area contributed by atoms with Crippen LogP contribution in [0.4, 0.5) is 0 Å². The van der Waals surface area contributed by atoms with Gasteiger partial charge in [-0.05, 0) is 79.8 Å². The molecule has 0 aromatic carbocycles. The molecule has 8 atom stereocenters. The molecule has 42 heavy (non-hydrogen) atoms. The highest BCUT2D eigenvalue weighted by atomic mass is 16.6. The molecule has 0 aromatic rings. The van der Waals surface area contributed by atoms with Gasteiger partial charge in [-0.25, -0.2) is 0 Å². The molecule has 6 heteroatoms. The smallest absolute Gasteiger partial charge is 0.306 e. The molecule has 4 aliphatic carbocycles. The maximum atomic E-state index is 14.4. The maximum Gasteiger partial charge on any atom is 0.306 e. The summed E-state index contributed by atoms with van der Waals surface area (Å²) < 4.78 is 5.94. The number of fused-ring (bicyclic) bond motifs is 3. The van der Waals surface area contributed by atoms with E-state index in [0.717, 1.165) is 38.5 Å². The van der Waals surface area contributed by atoms with Crippen molar-refractivity contribution in [1.29, 1.82) is 0 Å². The Kier molecular flexibility index (Phi) is 10.6. The molecular formula is C36H56O6. The van der Waals surface area contributed by atoms with Gasteiger partial charge in [0.15, 0.2) is 17.5 Å². The van der Waals surface area contributed by atoms with Gasteiger partial charge in [-0.1, -0.05) is 90.5 Å². The van der Waals surface area contributed by atoms with Gasteiger partial charge in [-0.2, -0.15) is 0 Å². The second-order valence-electron chi connectivity index (χ2n) is 14.4. The summed E-state index contributed by atoms with van der Waals surface area (Å²) in [5, 5.41) is 34.3. The summed E-state index contributed by atoms with van der Waals surface area (Å²) in [6, 6.07) is 0. The van der Waals surface area contributed by atoms with Crippen molar-refractivity contribution in [3.05, 3.63) is 35.5 Å². The van der Waals surface area contributed by atoms with E-state index in [1.807, 2.05) is 6.92 Å². The molecule has 0 heterocycles. The summed E-state index contributed by atoms with van der Waals surface area (Å²) in [5.41, 5.74) is -2.63. The summed E-state index contributed by atoms with van der Waals surface area (Å²) in [6.07, 6.45) is 18.9. The second-order valence-corrected chi connectivity index (χ2v) is 14.4. The van der Waals surface area contributed by atoms with Crippen molar-refractivity contribution in [1.82, 2.24) is 0 Å². The number of carbonyl (C=O) groups excluding carboxylic acids is 2. The van der Waals surface area contributed by atoms with E-state index in [1.165, 1.54) is 32.1 Å². The molecule has 2 saturated carbocycles. The first kappa shape index (κ1) is 33.1. The molecule has 2 bridgehead atoms. The van der Waals surface area contributed by atoms with Crippen molar-refractivity contribution in [2.24, 2.45) is 34.5 Å². The lowest BCUT2D eigenvalue weighted by Crippen LogP contribution is -2.65. The fraction of sp³-hybridized carbons (Fsp3) is 0.778.